The molecule has 4 saturated carbocycles. The summed E-state index contributed by atoms with van der Waals surface area (Å²) in [5.74, 6) is 2.75. The minimum atomic E-state index is -0.0150. The van der Waals surface area contributed by atoms with E-state index >= 15 is 0 Å². The van der Waals surface area contributed by atoms with Gasteiger partial charge >= 0.3 is 0 Å². The predicted molar refractivity (Wildman–Crippen MR) is 81.8 cm³/mol. The van der Waals surface area contributed by atoms with Crippen LogP contribution < -0.4 is 5.32 Å². The minimum absolute atomic E-state index is 0.0150. The molecule has 1 aromatic heterocycles. The maximum atomic E-state index is 12.4. The molecule has 1 aromatic rings. The highest BCUT2D eigenvalue weighted by atomic mass is 16.1. The summed E-state index contributed by atoms with van der Waals surface area (Å²) in [6.07, 6.45) is 9.98. The van der Waals surface area contributed by atoms with Crippen LogP contribution in [0.5, 0.6) is 0 Å². The minimum Gasteiger partial charge on any atom is -0.348 e. The van der Waals surface area contributed by atoms with Crippen molar-refractivity contribution in [1.82, 2.24) is 10.3 Å². The van der Waals surface area contributed by atoms with Gasteiger partial charge in [-0.25, -0.2) is 0 Å². The number of amides is 1. The van der Waals surface area contributed by atoms with Crippen LogP contribution in [0.4, 0.5) is 0 Å². The van der Waals surface area contributed by atoms with Crippen molar-refractivity contribution in [3.63, 3.8) is 0 Å². The van der Waals surface area contributed by atoms with E-state index < -0.39 is 0 Å². The summed E-state index contributed by atoms with van der Waals surface area (Å²) in [7, 11) is 0. The smallest absolute Gasteiger partial charge is 0.270 e. The fourth-order valence-corrected chi connectivity index (χ4v) is 5.63. The number of nitrogens with zero attached hydrogens (tertiary/aromatic N) is 1. The second kappa shape index (κ2) is 4.82. The standard InChI is InChI=1S/C18H24N2O/c1-12(20-17(21)16-4-2-3-5-19-16)18-9-13-6-14(10-18)8-15(7-13)11-18/h2-5,12-15H,6-11H2,1H3,(H,20,21). The normalized spacial score (nSPS) is 38.2. The molecule has 3 heteroatoms. The molecule has 0 aliphatic heterocycles. The Labute approximate surface area is 126 Å². The molecule has 112 valence electrons. The second-order valence-corrected chi connectivity index (χ2v) is 7.69. The molecular formula is C18H24N2O. The van der Waals surface area contributed by atoms with Gasteiger partial charge in [-0.15, -0.1) is 0 Å². The Balaban J connectivity index is 1.50. The Morgan fingerprint density at radius 1 is 1.19 bits per heavy atom. The van der Waals surface area contributed by atoms with Gasteiger partial charge in [0.2, 0.25) is 0 Å². The number of hydrogen-bond acceptors (Lipinski definition) is 2. The van der Waals surface area contributed by atoms with Crippen molar-refractivity contribution in [2.45, 2.75) is 51.5 Å². The molecule has 1 atom stereocenters. The van der Waals surface area contributed by atoms with Gasteiger partial charge in [0.05, 0.1) is 0 Å². The van der Waals surface area contributed by atoms with Crippen molar-refractivity contribution in [2.75, 3.05) is 0 Å². The van der Waals surface area contributed by atoms with E-state index in [1.165, 1.54) is 38.5 Å². The van der Waals surface area contributed by atoms with E-state index in [-0.39, 0.29) is 11.9 Å². The highest BCUT2D eigenvalue weighted by Gasteiger charge is 2.53. The lowest BCUT2D eigenvalue weighted by Crippen LogP contribution is -2.55. The first-order valence-electron chi connectivity index (χ1n) is 8.36. The van der Waals surface area contributed by atoms with E-state index in [0.717, 1.165) is 17.8 Å². The number of aromatic nitrogens is 1. The van der Waals surface area contributed by atoms with E-state index in [2.05, 4.69) is 17.2 Å². The van der Waals surface area contributed by atoms with Crippen LogP contribution in [0.3, 0.4) is 0 Å². The Morgan fingerprint density at radius 2 is 1.81 bits per heavy atom. The van der Waals surface area contributed by atoms with Gasteiger partial charge in [0.25, 0.3) is 5.91 Å². The molecule has 3 nitrogen and oxygen atoms in total. The molecule has 4 bridgehead atoms. The van der Waals surface area contributed by atoms with Crippen molar-refractivity contribution < 1.29 is 4.79 Å². The third kappa shape index (κ3) is 2.27. The Morgan fingerprint density at radius 3 is 2.33 bits per heavy atom. The first kappa shape index (κ1) is 13.3. The number of carbonyl (C=O) groups excluding carboxylic acids is 1. The molecule has 4 aliphatic carbocycles. The third-order valence-electron chi connectivity index (χ3n) is 6.25. The number of hydrogen-bond donors (Lipinski definition) is 1. The summed E-state index contributed by atoms with van der Waals surface area (Å²) in [6.45, 7) is 2.22. The summed E-state index contributed by atoms with van der Waals surface area (Å²) < 4.78 is 0. The van der Waals surface area contributed by atoms with Gasteiger partial charge in [-0.2, -0.15) is 0 Å². The Kier molecular flexibility index (Phi) is 3.05. The van der Waals surface area contributed by atoms with E-state index in [1.807, 2.05) is 12.1 Å². The molecule has 4 aliphatic rings. The van der Waals surface area contributed by atoms with Crippen LogP contribution in [-0.4, -0.2) is 16.9 Å². The van der Waals surface area contributed by atoms with Gasteiger partial charge < -0.3 is 5.32 Å². The summed E-state index contributed by atoms with van der Waals surface area (Å²) in [6, 6.07) is 5.78. The van der Waals surface area contributed by atoms with Gasteiger partial charge in [0.15, 0.2) is 0 Å². The molecule has 0 aromatic carbocycles. The van der Waals surface area contributed by atoms with Crippen LogP contribution in [0.25, 0.3) is 0 Å². The first-order valence-corrected chi connectivity index (χ1v) is 8.36. The highest BCUT2D eigenvalue weighted by molar-refractivity contribution is 5.92. The average molecular weight is 284 g/mol. The second-order valence-electron chi connectivity index (χ2n) is 7.69. The highest BCUT2D eigenvalue weighted by Crippen LogP contribution is 2.61. The van der Waals surface area contributed by atoms with Crippen LogP contribution in [0.1, 0.15) is 55.9 Å². The molecule has 1 amide bonds. The molecule has 0 saturated heterocycles. The van der Waals surface area contributed by atoms with Gasteiger partial charge in [-0.3, -0.25) is 9.78 Å². The zero-order chi connectivity index (χ0) is 14.4. The lowest BCUT2D eigenvalue weighted by atomic mass is 9.48. The number of carbonyl (C=O) groups is 1. The third-order valence-corrected chi connectivity index (χ3v) is 6.25. The largest absolute Gasteiger partial charge is 0.348 e. The summed E-state index contributed by atoms with van der Waals surface area (Å²) in [5, 5.41) is 3.25. The summed E-state index contributed by atoms with van der Waals surface area (Å²) in [4.78, 5) is 16.5. The van der Waals surface area contributed by atoms with E-state index in [0.29, 0.717) is 11.1 Å². The first-order chi connectivity index (χ1) is 10.1. The molecule has 0 radical (unpaired) electrons. The van der Waals surface area contributed by atoms with Crippen molar-refractivity contribution in [3.8, 4) is 0 Å². The molecule has 1 unspecified atom stereocenters. The fourth-order valence-electron chi connectivity index (χ4n) is 5.63. The maximum absolute atomic E-state index is 12.4. The number of pyridine rings is 1. The lowest BCUT2D eigenvalue weighted by molar-refractivity contribution is -0.0688. The SMILES string of the molecule is CC(NC(=O)c1ccccn1)C12CC3CC(CC(C3)C1)C2. The van der Waals surface area contributed by atoms with Gasteiger partial charge in [-0.1, -0.05) is 6.07 Å². The van der Waals surface area contributed by atoms with Crippen molar-refractivity contribution in [2.24, 2.45) is 23.2 Å². The molecular weight excluding hydrogens is 260 g/mol. The van der Waals surface area contributed by atoms with Gasteiger partial charge in [-0.05, 0) is 80.8 Å². The van der Waals surface area contributed by atoms with Crippen molar-refractivity contribution in [3.05, 3.63) is 30.1 Å². The lowest BCUT2D eigenvalue weighted by Gasteiger charge is -2.59. The van der Waals surface area contributed by atoms with E-state index in [9.17, 15) is 4.79 Å². The van der Waals surface area contributed by atoms with Gasteiger partial charge in [0.1, 0.15) is 5.69 Å². The van der Waals surface area contributed by atoms with E-state index in [1.54, 1.807) is 12.3 Å². The predicted octanol–water partition coefficient (Wildman–Crippen LogP) is 3.42. The molecule has 0 spiro atoms. The molecule has 5 rings (SSSR count). The fraction of sp³-hybridized carbons (Fsp3) is 0.667. The van der Waals surface area contributed by atoms with Crippen molar-refractivity contribution >= 4 is 5.91 Å². The maximum Gasteiger partial charge on any atom is 0.270 e. The molecule has 1 heterocycles. The number of rotatable bonds is 3. The summed E-state index contributed by atoms with van der Waals surface area (Å²) >= 11 is 0. The van der Waals surface area contributed by atoms with Crippen molar-refractivity contribution in [1.29, 1.82) is 0 Å². The Hall–Kier alpha value is -1.38. The van der Waals surface area contributed by atoms with Crippen LogP contribution in [0.2, 0.25) is 0 Å². The zero-order valence-electron chi connectivity index (χ0n) is 12.7. The molecule has 1 N–H and O–H groups in total. The van der Waals surface area contributed by atoms with Gasteiger partial charge in [0, 0.05) is 12.2 Å². The monoisotopic (exact) mass is 284 g/mol. The number of nitrogens with one attached hydrogen (secondary N) is 1. The molecule has 4 fully saturated rings. The zero-order valence-corrected chi connectivity index (χ0v) is 12.7. The van der Waals surface area contributed by atoms with Crippen LogP contribution in [0, 0.1) is 23.2 Å². The molecule has 21 heavy (non-hydrogen) atoms. The van der Waals surface area contributed by atoms with Crippen LogP contribution in [-0.2, 0) is 0 Å². The quantitative estimate of drug-likeness (QED) is 0.924. The van der Waals surface area contributed by atoms with E-state index in [4.69, 9.17) is 0 Å². The summed E-state index contributed by atoms with van der Waals surface area (Å²) in [5.41, 5.74) is 0.896. The Bertz CT molecular complexity index is 504. The average Bonchev–Trinajstić information content (AvgIpc) is 2.46. The topological polar surface area (TPSA) is 42.0 Å². The van der Waals surface area contributed by atoms with Crippen LogP contribution >= 0.6 is 0 Å². The van der Waals surface area contributed by atoms with Crippen LogP contribution in [0.15, 0.2) is 24.4 Å².